The second-order valence-corrected chi connectivity index (χ2v) is 6.57. The summed E-state index contributed by atoms with van der Waals surface area (Å²) in [5.74, 6) is 0.465. The van der Waals surface area contributed by atoms with Crippen molar-refractivity contribution in [1.82, 2.24) is 0 Å². The Morgan fingerprint density at radius 2 is 2.14 bits per heavy atom. The molecule has 1 aliphatic heterocycles. The van der Waals surface area contributed by atoms with Crippen LogP contribution in [0.25, 0.3) is 11.0 Å². The second kappa shape index (κ2) is 5.43. The minimum absolute atomic E-state index is 0.207. The maximum atomic E-state index is 12.5. The molecule has 1 unspecified atom stereocenters. The van der Waals surface area contributed by atoms with Crippen LogP contribution < -0.4 is 0 Å². The van der Waals surface area contributed by atoms with Gasteiger partial charge in [-0.3, -0.25) is 4.79 Å². The molecule has 3 rings (SSSR count). The van der Waals surface area contributed by atoms with Gasteiger partial charge in [-0.25, -0.2) is 0 Å². The van der Waals surface area contributed by atoms with Crippen LogP contribution in [0.4, 0.5) is 0 Å². The van der Waals surface area contributed by atoms with E-state index in [-0.39, 0.29) is 5.97 Å². The van der Waals surface area contributed by atoms with Crippen LogP contribution >= 0.6 is 0 Å². The number of carbonyl (C=O) groups is 1. The van der Waals surface area contributed by atoms with Gasteiger partial charge in [-0.05, 0) is 32.4 Å². The van der Waals surface area contributed by atoms with Crippen molar-refractivity contribution in [1.29, 1.82) is 0 Å². The van der Waals surface area contributed by atoms with Gasteiger partial charge in [0.1, 0.15) is 5.58 Å². The lowest BCUT2D eigenvalue weighted by atomic mass is 9.89. The number of benzene rings is 1. The Balaban J connectivity index is 1.96. The lowest BCUT2D eigenvalue weighted by Gasteiger charge is -2.30. The number of ether oxygens (including phenoxy) is 2. The van der Waals surface area contributed by atoms with Crippen LogP contribution in [0.15, 0.2) is 34.7 Å². The number of carbonyl (C=O) groups excluding carboxylic acids is 1. The molecule has 1 aromatic carbocycles. The SMILES string of the molecule is CCC(C)(C)C(=O)OC1(c2cc3ccccc3o2)CCOC1. The van der Waals surface area contributed by atoms with Crippen molar-refractivity contribution in [3.8, 4) is 0 Å². The molecule has 1 aliphatic rings. The van der Waals surface area contributed by atoms with E-state index in [2.05, 4.69) is 0 Å². The summed E-state index contributed by atoms with van der Waals surface area (Å²) in [6.45, 7) is 6.70. The Bertz CT molecular complexity index is 644. The summed E-state index contributed by atoms with van der Waals surface area (Å²) in [7, 11) is 0. The minimum Gasteiger partial charge on any atom is -0.457 e. The second-order valence-electron chi connectivity index (χ2n) is 6.57. The first-order valence-corrected chi connectivity index (χ1v) is 7.77. The molecule has 0 bridgehead atoms. The van der Waals surface area contributed by atoms with E-state index in [0.29, 0.717) is 25.4 Å². The third-order valence-corrected chi connectivity index (χ3v) is 4.58. The number of hydrogen-bond acceptors (Lipinski definition) is 4. The molecule has 0 radical (unpaired) electrons. The fourth-order valence-corrected chi connectivity index (χ4v) is 2.54. The van der Waals surface area contributed by atoms with Gasteiger partial charge < -0.3 is 13.9 Å². The molecule has 1 saturated heterocycles. The van der Waals surface area contributed by atoms with Gasteiger partial charge in [-0.2, -0.15) is 0 Å². The lowest BCUT2D eigenvalue weighted by molar-refractivity contribution is -0.174. The molecule has 22 heavy (non-hydrogen) atoms. The van der Waals surface area contributed by atoms with E-state index in [1.54, 1.807) is 0 Å². The summed E-state index contributed by atoms with van der Waals surface area (Å²) in [5.41, 5.74) is -0.515. The van der Waals surface area contributed by atoms with Gasteiger partial charge in [0.05, 0.1) is 18.6 Å². The summed E-state index contributed by atoms with van der Waals surface area (Å²) in [6, 6.07) is 9.76. The molecular formula is C18H22O4. The molecule has 118 valence electrons. The summed E-state index contributed by atoms with van der Waals surface area (Å²) < 4.78 is 17.4. The number of esters is 1. The average molecular weight is 302 g/mol. The molecule has 0 spiro atoms. The van der Waals surface area contributed by atoms with Gasteiger partial charge >= 0.3 is 5.97 Å². The molecule has 1 aromatic heterocycles. The molecule has 4 heteroatoms. The fraction of sp³-hybridized carbons (Fsp3) is 0.500. The van der Waals surface area contributed by atoms with E-state index in [1.807, 2.05) is 51.1 Å². The van der Waals surface area contributed by atoms with Crippen LogP contribution in [0.3, 0.4) is 0 Å². The predicted octanol–water partition coefficient (Wildman–Crippen LogP) is 4.03. The number of fused-ring (bicyclic) bond motifs is 1. The van der Waals surface area contributed by atoms with Crippen LogP contribution in [-0.4, -0.2) is 19.2 Å². The first-order chi connectivity index (χ1) is 10.5. The molecule has 0 saturated carbocycles. The molecule has 1 atom stereocenters. The molecule has 2 heterocycles. The molecule has 0 amide bonds. The van der Waals surface area contributed by atoms with Crippen molar-refractivity contribution >= 4 is 16.9 Å². The fourth-order valence-electron chi connectivity index (χ4n) is 2.54. The Morgan fingerprint density at radius 3 is 2.77 bits per heavy atom. The Hall–Kier alpha value is -1.81. The van der Waals surface area contributed by atoms with E-state index in [1.165, 1.54) is 0 Å². The third-order valence-electron chi connectivity index (χ3n) is 4.58. The van der Waals surface area contributed by atoms with Gasteiger partial charge in [0.15, 0.2) is 11.4 Å². The molecule has 0 aliphatic carbocycles. The van der Waals surface area contributed by atoms with E-state index in [0.717, 1.165) is 17.4 Å². The molecule has 4 nitrogen and oxygen atoms in total. The third kappa shape index (κ3) is 2.52. The minimum atomic E-state index is -0.803. The topological polar surface area (TPSA) is 48.7 Å². The van der Waals surface area contributed by atoms with Crippen LogP contribution in [-0.2, 0) is 19.9 Å². The number of rotatable bonds is 4. The molecule has 1 fully saturated rings. The smallest absolute Gasteiger partial charge is 0.312 e. The van der Waals surface area contributed by atoms with Crippen molar-refractivity contribution < 1.29 is 18.7 Å². The van der Waals surface area contributed by atoms with Crippen LogP contribution in [0.5, 0.6) is 0 Å². The normalized spacial score (nSPS) is 22.1. The van der Waals surface area contributed by atoms with Gasteiger partial charge in [-0.1, -0.05) is 25.1 Å². The van der Waals surface area contributed by atoms with E-state index in [9.17, 15) is 4.79 Å². The highest BCUT2D eigenvalue weighted by atomic mass is 16.6. The first kappa shape index (κ1) is 15.1. The predicted molar refractivity (Wildman–Crippen MR) is 83.5 cm³/mol. The van der Waals surface area contributed by atoms with Crippen LogP contribution in [0, 0.1) is 5.41 Å². The van der Waals surface area contributed by atoms with Gasteiger partial charge in [0.2, 0.25) is 0 Å². The Morgan fingerprint density at radius 1 is 1.36 bits per heavy atom. The van der Waals surface area contributed by atoms with Crippen molar-refractivity contribution in [3.05, 3.63) is 36.1 Å². The van der Waals surface area contributed by atoms with E-state index in [4.69, 9.17) is 13.9 Å². The van der Waals surface area contributed by atoms with Crippen molar-refractivity contribution in [3.63, 3.8) is 0 Å². The highest BCUT2D eigenvalue weighted by Gasteiger charge is 2.46. The number of hydrogen-bond donors (Lipinski definition) is 0. The molecule has 0 N–H and O–H groups in total. The van der Waals surface area contributed by atoms with Crippen LogP contribution in [0.2, 0.25) is 0 Å². The average Bonchev–Trinajstić information content (AvgIpc) is 3.14. The lowest BCUT2D eigenvalue weighted by Crippen LogP contribution is -2.38. The summed E-state index contributed by atoms with van der Waals surface area (Å²) in [6.07, 6.45) is 1.35. The zero-order chi connectivity index (χ0) is 15.8. The highest BCUT2D eigenvalue weighted by Crippen LogP contribution is 2.39. The molecular weight excluding hydrogens is 280 g/mol. The van der Waals surface area contributed by atoms with Crippen molar-refractivity contribution in [2.45, 2.75) is 39.2 Å². The summed E-state index contributed by atoms with van der Waals surface area (Å²) >= 11 is 0. The Kier molecular flexibility index (Phi) is 3.73. The van der Waals surface area contributed by atoms with Gasteiger partial charge in [0.25, 0.3) is 0 Å². The number of furan rings is 1. The van der Waals surface area contributed by atoms with Crippen molar-refractivity contribution in [2.24, 2.45) is 5.41 Å². The van der Waals surface area contributed by atoms with E-state index >= 15 is 0 Å². The standard InChI is InChI=1S/C18H22O4/c1-4-17(2,3)16(19)22-18(9-10-20-12-18)15-11-13-7-5-6-8-14(13)21-15/h5-8,11H,4,9-10,12H2,1-3H3. The maximum Gasteiger partial charge on any atom is 0.312 e. The van der Waals surface area contributed by atoms with E-state index < -0.39 is 11.0 Å². The largest absolute Gasteiger partial charge is 0.457 e. The highest BCUT2D eigenvalue weighted by molar-refractivity contribution is 5.79. The maximum absolute atomic E-state index is 12.5. The number of para-hydroxylation sites is 1. The zero-order valence-electron chi connectivity index (χ0n) is 13.3. The van der Waals surface area contributed by atoms with Gasteiger partial charge in [0, 0.05) is 11.8 Å². The quantitative estimate of drug-likeness (QED) is 0.800. The van der Waals surface area contributed by atoms with Crippen molar-refractivity contribution in [2.75, 3.05) is 13.2 Å². The zero-order valence-corrected chi connectivity index (χ0v) is 13.3. The van der Waals surface area contributed by atoms with Gasteiger partial charge in [-0.15, -0.1) is 0 Å². The monoisotopic (exact) mass is 302 g/mol. The molecule has 2 aromatic rings. The van der Waals surface area contributed by atoms with Crippen LogP contribution in [0.1, 0.15) is 39.4 Å². The Labute approximate surface area is 130 Å². The summed E-state index contributed by atoms with van der Waals surface area (Å²) in [4.78, 5) is 12.5. The first-order valence-electron chi connectivity index (χ1n) is 7.77. The summed E-state index contributed by atoms with van der Waals surface area (Å²) in [5, 5.41) is 1.01.